The molecule has 2 N–H and O–H groups in total. The summed E-state index contributed by atoms with van der Waals surface area (Å²) in [6, 6.07) is 9.35. The van der Waals surface area contributed by atoms with Crippen molar-refractivity contribution < 1.29 is 23.8 Å². The SMILES string of the molecule is COc1ccc(CC(=O)NCCNC(=O)COc2c(C)ccc(C)c2C)cc1OC. The van der Waals surface area contributed by atoms with Crippen molar-refractivity contribution in [2.45, 2.75) is 27.2 Å². The number of methoxy groups -OCH3 is 2. The van der Waals surface area contributed by atoms with E-state index in [0.29, 0.717) is 24.6 Å². The highest BCUT2D eigenvalue weighted by Gasteiger charge is 2.10. The van der Waals surface area contributed by atoms with Crippen LogP contribution in [0.15, 0.2) is 30.3 Å². The van der Waals surface area contributed by atoms with Crippen molar-refractivity contribution in [1.82, 2.24) is 10.6 Å². The average Bonchev–Trinajstić information content (AvgIpc) is 2.73. The second kappa shape index (κ2) is 11.1. The molecule has 0 aliphatic carbocycles. The number of ether oxygens (including phenoxy) is 3. The topological polar surface area (TPSA) is 85.9 Å². The lowest BCUT2D eigenvalue weighted by Crippen LogP contribution is -2.37. The Morgan fingerprint density at radius 3 is 2.13 bits per heavy atom. The maximum Gasteiger partial charge on any atom is 0.258 e. The molecule has 2 rings (SSSR count). The van der Waals surface area contributed by atoms with Crippen molar-refractivity contribution in [3.05, 3.63) is 52.6 Å². The number of nitrogens with one attached hydrogen (secondary N) is 2. The van der Waals surface area contributed by atoms with E-state index in [1.807, 2.05) is 39.0 Å². The van der Waals surface area contributed by atoms with Gasteiger partial charge in [-0.25, -0.2) is 0 Å². The van der Waals surface area contributed by atoms with Gasteiger partial charge in [-0.15, -0.1) is 0 Å². The molecule has 7 heteroatoms. The van der Waals surface area contributed by atoms with E-state index in [1.54, 1.807) is 26.4 Å². The van der Waals surface area contributed by atoms with Gasteiger partial charge in [-0.1, -0.05) is 18.2 Å². The Kier molecular flexibility index (Phi) is 8.53. The molecule has 0 saturated carbocycles. The fraction of sp³-hybridized carbons (Fsp3) is 0.391. The lowest BCUT2D eigenvalue weighted by molar-refractivity contribution is -0.124. The van der Waals surface area contributed by atoms with Gasteiger partial charge in [0.1, 0.15) is 5.75 Å². The standard InChI is InChI=1S/C23H30N2O5/c1-15-6-7-16(2)23(17(15)3)30-14-22(27)25-11-10-24-21(26)13-18-8-9-19(28-4)20(12-18)29-5/h6-9,12H,10-11,13-14H2,1-5H3,(H,24,26)(H,25,27). The molecule has 0 aliphatic heterocycles. The molecule has 2 amide bonds. The first-order valence-electron chi connectivity index (χ1n) is 9.79. The Bertz CT molecular complexity index is 895. The van der Waals surface area contributed by atoms with Gasteiger partial charge in [-0.2, -0.15) is 0 Å². The minimum absolute atomic E-state index is 0.0648. The number of hydrogen-bond acceptors (Lipinski definition) is 5. The molecule has 0 unspecified atom stereocenters. The summed E-state index contributed by atoms with van der Waals surface area (Å²) in [5.74, 6) is 1.56. The van der Waals surface area contributed by atoms with Crippen LogP contribution in [0.4, 0.5) is 0 Å². The zero-order valence-electron chi connectivity index (χ0n) is 18.3. The van der Waals surface area contributed by atoms with Crippen LogP contribution < -0.4 is 24.8 Å². The fourth-order valence-electron chi connectivity index (χ4n) is 2.98. The van der Waals surface area contributed by atoms with E-state index in [0.717, 1.165) is 28.0 Å². The Morgan fingerprint density at radius 1 is 0.833 bits per heavy atom. The molecule has 0 atom stereocenters. The lowest BCUT2D eigenvalue weighted by Gasteiger charge is -2.14. The molecule has 0 aromatic heterocycles. The molecular weight excluding hydrogens is 384 g/mol. The molecule has 0 saturated heterocycles. The highest BCUT2D eigenvalue weighted by Crippen LogP contribution is 2.27. The summed E-state index contributed by atoms with van der Waals surface area (Å²) < 4.78 is 16.1. The summed E-state index contributed by atoms with van der Waals surface area (Å²) in [4.78, 5) is 24.1. The summed E-state index contributed by atoms with van der Waals surface area (Å²) in [5.41, 5.74) is 3.96. The molecule has 0 fully saturated rings. The first-order valence-corrected chi connectivity index (χ1v) is 9.79. The van der Waals surface area contributed by atoms with Crippen LogP contribution in [-0.4, -0.2) is 45.7 Å². The molecule has 0 heterocycles. The smallest absolute Gasteiger partial charge is 0.258 e. The zero-order chi connectivity index (χ0) is 22.1. The number of aryl methyl sites for hydroxylation is 2. The van der Waals surface area contributed by atoms with Gasteiger partial charge in [-0.05, 0) is 55.2 Å². The van der Waals surface area contributed by atoms with Crippen LogP contribution in [0, 0.1) is 20.8 Å². The molecule has 30 heavy (non-hydrogen) atoms. The summed E-state index contributed by atoms with van der Waals surface area (Å²) in [7, 11) is 3.11. The van der Waals surface area contributed by atoms with Crippen molar-refractivity contribution in [2.75, 3.05) is 33.9 Å². The van der Waals surface area contributed by atoms with Crippen LogP contribution in [0.3, 0.4) is 0 Å². The molecule has 2 aromatic carbocycles. The van der Waals surface area contributed by atoms with E-state index >= 15 is 0 Å². The molecule has 0 aliphatic rings. The normalized spacial score (nSPS) is 10.3. The predicted molar refractivity (Wildman–Crippen MR) is 115 cm³/mol. The summed E-state index contributed by atoms with van der Waals surface area (Å²) in [5, 5.41) is 5.53. The van der Waals surface area contributed by atoms with E-state index in [4.69, 9.17) is 14.2 Å². The van der Waals surface area contributed by atoms with E-state index in [9.17, 15) is 9.59 Å². The zero-order valence-corrected chi connectivity index (χ0v) is 18.3. The number of carbonyl (C=O) groups is 2. The minimum Gasteiger partial charge on any atom is -0.493 e. The quantitative estimate of drug-likeness (QED) is 0.584. The van der Waals surface area contributed by atoms with Crippen molar-refractivity contribution in [3.63, 3.8) is 0 Å². The maximum atomic E-state index is 12.1. The minimum atomic E-state index is -0.232. The van der Waals surface area contributed by atoms with E-state index < -0.39 is 0 Å². The monoisotopic (exact) mass is 414 g/mol. The summed E-state index contributed by atoms with van der Waals surface area (Å²) in [6.07, 6.45) is 0.212. The molecule has 0 bridgehead atoms. The maximum absolute atomic E-state index is 12.1. The Labute approximate surface area is 177 Å². The molecule has 162 valence electrons. The van der Waals surface area contributed by atoms with E-state index in [1.165, 1.54) is 0 Å². The predicted octanol–water partition coefficient (Wildman–Crippen LogP) is 2.48. The van der Waals surface area contributed by atoms with Crippen LogP contribution in [0.5, 0.6) is 17.2 Å². The molecule has 0 radical (unpaired) electrons. The van der Waals surface area contributed by atoms with Gasteiger partial charge in [0.25, 0.3) is 5.91 Å². The van der Waals surface area contributed by atoms with Crippen LogP contribution in [-0.2, 0) is 16.0 Å². The second-order valence-corrected chi connectivity index (χ2v) is 7.01. The van der Waals surface area contributed by atoms with Gasteiger partial charge in [0.15, 0.2) is 18.1 Å². The first-order chi connectivity index (χ1) is 14.3. The second-order valence-electron chi connectivity index (χ2n) is 7.01. The van der Waals surface area contributed by atoms with Crippen molar-refractivity contribution in [2.24, 2.45) is 0 Å². The van der Waals surface area contributed by atoms with Gasteiger partial charge in [0, 0.05) is 13.1 Å². The molecule has 2 aromatic rings. The number of amides is 2. The van der Waals surface area contributed by atoms with Gasteiger partial charge in [0.2, 0.25) is 5.91 Å². The highest BCUT2D eigenvalue weighted by molar-refractivity contribution is 5.79. The van der Waals surface area contributed by atoms with E-state index in [2.05, 4.69) is 10.6 Å². The van der Waals surface area contributed by atoms with Gasteiger partial charge in [-0.3, -0.25) is 9.59 Å². The van der Waals surface area contributed by atoms with E-state index in [-0.39, 0.29) is 24.8 Å². The number of hydrogen-bond donors (Lipinski definition) is 2. The van der Waals surface area contributed by atoms with Gasteiger partial charge < -0.3 is 24.8 Å². The summed E-state index contributed by atoms with van der Waals surface area (Å²) >= 11 is 0. The Hall–Kier alpha value is -3.22. The largest absolute Gasteiger partial charge is 0.493 e. The van der Waals surface area contributed by atoms with Crippen LogP contribution in [0.25, 0.3) is 0 Å². The average molecular weight is 415 g/mol. The third-order valence-corrected chi connectivity index (χ3v) is 4.80. The van der Waals surface area contributed by atoms with Crippen LogP contribution in [0.2, 0.25) is 0 Å². The summed E-state index contributed by atoms with van der Waals surface area (Å²) in [6.45, 7) is 6.53. The van der Waals surface area contributed by atoms with Gasteiger partial charge >= 0.3 is 0 Å². The fourth-order valence-corrected chi connectivity index (χ4v) is 2.98. The van der Waals surface area contributed by atoms with Gasteiger partial charge in [0.05, 0.1) is 20.6 Å². The number of carbonyl (C=O) groups excluding carboxylic acids is 2. The van der Waals surface area contributed by atoms with Crippen molar-refractivity contribution in [3.8, 4) is 17.2 Å². The first kappa shape index (κ1) is 23.1. The molecule has 7 nitrogen and oxygen atoms in total. The third-order valence-electron chi connectivity index (χ3n) is 4.80. The lowest BCUT2D eigenvalue weighted by atomic mass is 10.1. The third kappa shape index (κ3) is 6.40. The highest BCUT2D eigenvalue weighted by atomic mass is 16.5. The number of rotatable bonds is 10. The van der Waals surface area contributed by atoms with Crippen LogP contribution >= 0.6 is 0 Å². The van der Waals surface area contributed by atoms with Crippen molar-refractivity contribution in [1.29, 1.82) is 0 Å². The van der Waals surface area contributed by atoms with Crippen molar-refractivity contribution >= 4 is 11.8 Å². The Balaban J connectivity index is 1.71. The van der Waals surface area contributed by atoms with Crippen LogP contribution in [0.1, 0.15) is 22.3 Å². The Morgan fingerprint density at radius 2 is 1.47 bits per heavy atom. The molecular formula is C23H30N2O5. The number of benzene rings is 2. The molecule has 0 spiro atoms.